The van der Waals surface area contributed by atoms with Gasteiger partial charge in [-0.25, -0.2) is 0 Å². The van der Waals surface area contributed by atoms with Crippen molar-refractivity contribution in [3.8, 4) is 0 Å². The van der Waals surface area contributed by atoms with Crippen LogP contribution in [0.15, 0.2) is 0 Å². The lowest BCUT2D eigenvalue weighted by Crippen LogP contribution is -2.30. The average Bonchev–Trinajstić information content (AvgIpc) is 1.82. The van der Waals surface area contributed by atoms with Crippen molar-refractivity contribution in [2.45, 2.75) is 46.4 Å². The molecule has 0 spiro atoms. The molecule has 2 atom stereocenters. The third-order valence-electron chi connectivity index (χ3n) is 2.92. The van der Waals surface area contributed by atoms with Gasteiger partial charge in [0.05, 0.1) is 0 Å². The van der Waals surface area contributed by atoms with Crippen LogP contribution in [0.25, 0.3) is 0 Å². The third-order valence-corrected chi connectivity index (χ3v) is 3.27. The highest BCUT2D eigenvalue weighted by molar-refractivity contribution is 6.23. The van der Waals surface area contributed by atoms with E-state index in [4.69, 9.17) is 11.6 Å². The molecule has 0 aromatic heterocycles. The summed E-state index contributed by atoms with van der Waals surface area (Å²) in [5.74, 6) is 2.00. The second kappa shape index (κ2) is 3.80. The molecule has 0 aliphatic heterocycles. The van der Waals surface area contributed by atoms with Crippen molar-refractivity contribution in [3.05, 3.63) is 0 Å². The van der Waals surface area contributed by atoms with E-state index < -0.39 is 0 Å². The Balaban J connectivity index is 4.13. The van der Waals surface area contributed by atoms with Crippen LogP contribution < -0.4 is 0 Å². The van der Waals surface area contributed by atoms with E-state index in [0.717, 1.165) is 5.92 Å². The lowest BCUT2D eigenvalue weighted by atomic mass is 9.79. The standard InChI is InChI=1S/C10H21Cl/c1-7(2)8(3)9(4)10(5,6)11/h7-9H,1-6H3. The zero-order valence-electron chi connectivity index (χ0n) is 8.61. The molecule has 0 bridgehead atoms. The van der Waals surface area contributed by atoms with E-state index in [1.54, 1.807) is 0 Å². The molecule has 0 nitrogen and oxygen atoms in total. The van der Waals surface area contributed by atoms with Crippen LogP contribution >= 0.6 is 11.6 Å². The summed E-state index contributed by atoms with van der Waals surface area (Å²) in [6, 6.07) is 0. The minimum Gasteiger partial charge on any atom is -0.120 e. The number of alkyl halides is 1. The Morgan fingerprint density at radius 1 is 1.00 bits per heavy atom. The van der Waals surface area contributed by atoms with Gasteiger partial charge in [-0.1, -0.05) is 27.7 Å². The van der Waals surface area contributed by atoms with Gasteiger partial charge in [-0.2, -0.15) is 0 Å². The Bertz CT molecular complexity index is 111. The van der Waals surface area contributed by atoms with Crippen LogP contribution in [0.4, 0.5) is 0 Å². The molecule has 0 rings (SSSR count). The van der Waals surface area contributed by atoms with Crippen LogP contribution in [0.1, 0.15) is 41.5 Å². The van der Waals surface area contributed by atoms with Gasteiger partial charge in [0, 0.05) is 4.87 Å². The maximum Gasteiger partial charge on any atom is 0.0418 e. The topological polar surface area (TPSA) is 0 Å². The van der Waals surface area contributed by atoms with E-state index in [1.807, 2.05) is 0 Å². The molecule has 11 heavy (non-hydrogen) atoms. The predicted octanol–water partition coefficient (Wildman–Crippen LogP) is 3.93. The lowest BCUT2D eigenvalue weighted by molar-refractivity contribution is 0.251. The van der Waals surface area contributed by atoms with Crippen molar-refractivity contribution < 1.29 is 0 Å². The molecule has 68 valence electrons. The molecule has 0 radical (unpaired) electrons. The molecule has 2 unspecified atom stereocenters. The van der Waals surface area contributed by atoms with Gasteiger partial charge in [0.2, 0.25) is 0 Å². The van der Waals surface area contributed by atoms with Gasteiger partial charge in [0.15, 0.2) is 0 Å². The third kappa shape index (κ3) is 3.46. The Morgan fingerprint density at radius 3 is 1.45 bits per heavy atom. The first kappa shape index (κ1) is 11.3. The van der Waals surface area contributed by atoms with Crippen LogP contribution in [0.3, 0.4) is 0 Å². The van der Waals surface area contributed by atoms with E-state index in [1.165, 1.54) is 0 Å². The van der Waals surface area contributed by atoms with E-state index >= 15 is 0 Å². The summed E-state index contributed by atoms with van der Waals surface area (Å²) in [6.45, 7) is 13.2. The second-order valence-electron chi connectivity index (χ2n) is 4.46. The summed E-state index contributed by atoms with van der Waals surface area (Å²) in [5, 5.41) is 0. The maximum absolute atomic E-state index is 6.22. The maximum atomic E-state index is 6.22. The summed E-state index contributed by atoms with van der Waals surface area (Å²) in [4.78, 5) is -0.0658. The number of halogens is 1. The lowest BCUT2D eigenvalue weighted by Gasteiger charge is -2.32. The minimum absolute atomic E-state index is 0.0658. The smallest absolute Gasteiger partial charge is 0.0418 e. The molecule has 1 heteroatoms. The molecule has 0 saturated carbocycles. The Kier molecular flexibility index (Phi) is 3.90. The molecule has 0 heterocycles. The Labute approximate surface area is 76.3 Å². The first-order valence-corrected chi connectivity index (χ1v) is 4.83. The number of hydrogen-bond acceptors (Lipinski definition) is 0. The summed E-state index contributed by atoms with van der Waals surface area (Å²) in [5.41, 5.74) is 0. The highest BCUT2D eigenvalue weighted by atomic mass is 35.5. The van der Waals surface area contributed by atoms with Crippen LogP contribution in [-0.4, -0.2) is 4.87 Å². The minimum atomic E-state index is -0.0658. The van der Waals surface area contributed by atoms with Crippen LogP contribution in [-0.2, 0) is 0 Å². The monoisotopic (exact) mass is 176 g/mol. The fraction of sp³-hybridized carbons (Fsp3) is 1.00. The molecule has 0 amide bonds. The van der Waals surface area contributed by atoms with Crippen LogP contribution in [0.2, 0.25) is 0 Å². The van der Waals surface area contributed by atoms with E-state index in [9.17, 15) is 0 Å². The molecule has 0 aromatic rings. The quantitative estimate of drug-likeness (QED) is 0.572. The molecule has 0 saturated heterocycles. The second-order valence-corrected chi connectivity index (χ2v) is 5.43. The highest BCUT2D eigenvalue weighted by Crippen LogP contribution is 2.33. The van der Waals surface area contributed by atoms with E-state index in [-0.39, 0.29) is 4.87 Å². The predicted molar refractivity (Wildman–Crippen MR) is 53.1 cm³/mol. The highest BCUT2D eigenvalue weighted by Gasteiger charge is 2.28. The van der Waals surface area contributed by atoms with Crippen molar-refractivity contribution in [2.75, 3.05) is 0 Å². The van der Waals surface area contributed by atoms with Crippen LogP contribution in [0.5, 0.6) is 0 Å². The first-order valence-electron chi connectivity index (χ1n) is 4.45. The number of rotatable bonds is 3. The summed E-state index contributed by atoms with van der Waals surface area (Å²) in [7, 11) is 0. The largest absolute Gasteiger partial charge is 0.120 e. The van der Waals surface area contributed by atoms with Crippen molar-refractivity contribution in [2.24, 2.45) is 17.8 Å². The zero-order valence-corrected chi connectivity index (χ0v) is 9.37. The van der Waals surface area contributed by atoms with E-state index in [2.05, 4.69) is 41.5 Å². The fourth-order valence-electron chi connectivity index (χ4n) is 1.20. The summed E-state index contributed by atoms with van der Waals surface area (Å²) in [6.07, 6.45) is 0. The summed E-state index contributed by atoms with van der Waals surface area (Å²) < 4.78 is 0. The van der Waals surface area contributed by atoms with Gasteiger partial charge in [0.1, 0.15) is 0 Å². The van der Waals surface area contributed by atoms with Crippen molar-refractivity contribution in [1.82, 2.24) is 0 Å². The fourth-order valence-corrected chi connectivity index (χ4v) is 1.40. The van der Waals surface area contributed by atoms with Crippen molar-refractivity contribution >= 4 is 11.6 Å². The van der Waals surface area contributed by atoms with E-state index in [0.29, 0.717) is 11.8 Å². The van der Waals surface area contributed by atoms with Crippen molar-refractivity contribution in [1.29, 1.82) is 0 Å². The van der Waals surface area contributed by atoms with Gasteiger partial charge >= 0.3 is 0 Å². The van der Waals surface area contributed by atoms with Gasteiger partial charge in [0.25, 0.3) is 0 Å². The van der Waals surface area contributed by atoms with Gasteiger partial charge in [-0.05, 0) is 31.6 Å². The molecule has 0 N–H and O–H groups in total. The number of hydrogen-bond donors (Lipinski definition) is 0. The normalized spacial score (nSPS) is 18.5. The first-order chi connectivity index (χ1) is 4.76. The zero-order chi connectivity index (χ0) is 9.23. The van der Waals surface area contributed by atoms with Gasteiger partial charge in [-0.15, -0.1) is 11.6 Å². The Morgan fingerprint density at radius 2 is 1.36 bits per heavy atom. The SMILES string of the molecule is CC(C)C(C)C(C)C(C)(C)Cl. The van der Waals surface area contributed by atoms with Gasteiger partial charge in [-0.3, -0.25) is 0 Å². The molecule has 0 aliphatic carbocycles. The average molecular weight is 177 g/mol. The molecule has 0 fully saturated rings. The van der Waals surface area contributed by atoms with Gasteiger partial charge < -0.3 is 0 Å². The van der Waals surface area contributed by atoms with Crippen molar-refractivity contribution in [3.63, 3.8) is 0 Å². The Hall–Kier alpha value is 0.290. The molecular weight excluding hydrogens is 156 g/mol. The molecular formula is C10H21Cl. The van der Waals surface area contributed by atoms with Crippen LogP contribution in [0, 0.1) is 17.8 Å². The molecule has 0 aliphatic rings. The summed E-state index contributed by atoms with van der Waals surface area (Å²) >= 11 is 6.22. The molecule has 0 aromatic carbocycles.